The van der Waals surface area contributed by atoms with Crippen LogP contribution in [0.25, 0.3) is 0 Å². The second kappa shape index (κ2) is 6.39. The highest BCUT2D eigenvalue weighted by Gasteiger charge is 2.22. The first-order valence-electron chi connectivity index (χ1n) is 6.51. The fourth-order valence-corrected chi connectivity index (χ4v) is 3.66. The van der Waals surface area contributed by atoms with Crippen LogP contribution in [0.3, 0.4) is 0 Å². The van der Waals surface area contributed by atoms with Gasteiger partial charge in [0.05, 0.1) is 22.9 Å². The summed E-state index contributed by atoms with van der Waals surface area (Å²) in [5, 5.41) is 15.1. The maximum Gasteiger partial charge on any atom is 0.123 e. The Morgan fingerprint density at radius 1 is 1.45 bits per heavy atom. The van der Waals surface area contributed by atoms with E-state index in [4.69, 9.17) is 0 Å². The quantitative estimate of drug-likeness (QED) is 0.894. The average molecular weight is 358 g/mol. The Kier molecular flexibility index (Phi) is 5.01. The van der Waals surface area contributed by atoms with E-state index in [1.807, 2.05) is 25.7 Å². The lowest BCUT2D eigenvalue weighted by Gasteiger charge is -2.16. The van der Waals surface area contributed by atoms with E-state index in [0.717, 1.165) is 33.7 Å². The molecule has 6 heteroatoms. The van der Waals surface area contributed by atoms with Crippen molar-refractivity contribution in [2.75, 3.05) is 20.6 Å². The zero-order chi connectivity index (χ0) is 14.9. The van der Waals surface area contributed by atoms with Crippen LogP contribution in [0.4, 0.5) is 0 Å². The summed E-state index contributed by atoms with van der Waals surface area (Å²) in [6.07, 6.45) is 1.11. The van der Waals surface area contributed by atoms with Crippen molar-refractivity contribution in [3.05, 3.63) is 37.7 Å². The van der Waals surface area contributed by atoms with Crippen LogP contribution in [-0.4, -0.2) is 40.4 Å². The van der Waals surface area contributed by atoms with Gasteiger partial charge >= 0.3 is 0 Å². The van der Waals surface area contributed by atoms with Gasteiger partial charge in [-0.1, -0.05) is 0 Å². The first kappa shape index (κ1) is 15.7. The van der Waals surface area contributed by atoms with E-state index in [1.54, 1.807) is 17.5 Å². The highest BCUT2D eigenvalue weighted by Crippen LogP contribution is 2.33. The van der Waals surface area contributed by atoms with E-state index >= 15 is 0 Å². The fourth-order valence-electron chi connectivity index (χ4n) is 2.19. The number of nitrogens with zero attached hydrogens (tertiary/aromatic N) is 3. The van der Waals surface area contributed by atoms with Gasteiger partial charge in [0.1, 0.15) is 6.10 Å². The van der Waals surface area contributed by atoms with E-state index < -0.39 is 6.10 Å². The van der Waals surface area contributed by atoms with Gasteiger partial charge in [-0.2, -0.15) is 5.10 Å². The first-order valence-corrected chi connectivity index (χ1v) is 8.12. The van der Waals surface area contributed by atoms with E-state index in [9.17, 15) is 5.11 Å². The predicted octanol–water partition coefficient (Wildman–Crippen LogP) is 2.97. The molecule has 0 saturated heterocycles. The summed E-state index contributed by atoms with van der Waals surface area (Å²) in [6, 6.07) is 2.06. The van der Waals surface area contributed by atoms with Crippen molar-refractivity contribution in [1.82, 2.24) is 14.7 Å². The first-order chi connectivity index (χ1) is 9.40. The Hall–Kier alpha value is -0.690. The smallest absolute Gasteiger partial charge is 0.123 e. The minimum absolute atomic E-state index is 0.640. The third-order valence-corrected chi connectivity index (χ3v) is 4.82. The molecule has 1 atom stereocenters. The predicted molar refractivity (Wildman–Crippen MR) is 86.3 cm³/mol. The number of aryl methyl sites for hydroxylation is 2. The molecule has 20 heavy (non-hydrogen) atoms. The second-order valence-electron chi connectivity index (χ2n) is 5.18. The molecule has 2 aromatic rings. The van der Waals surface area contributed by atoms with Crippen molar-refractivity contribution in [3.8, 4) is 0 Å². The lowest BCUT2D eigenvalue weighted by atomic mass is 10.1. The standard InChI is InChI=1S/C14H20BrN3OS/c1-9-7-11(10(2)20-9)14(19)13-12(15)8-16-18(13)6-5-17(3)4/h7-8,14,19H,5-6H2,1-4H3. The van der Waals surface area contributed by atoms with Gasteiger partial charge in [-0.05, 0) is 49.9 Å². The molecule has 2 rings (SSSR count). The normalized spacial score (nSPS) is 13.2. The van der Waals surface area contributed by atoms with Gasteiger partial charge in [0, 0.05) is 21.9 Å². The van der Waals surface area contributed by atoms with Crippen molar-refractivity contribution in [1.29, 1.82) is 0 Å². The topological polar surface area (TPSA) is 41.3 Å². The molecule has 4 nitrogen and oxygen atoms in total. The molecule has 0 radical (unpaired) electrons. The largest absolute Gasteiger partial charge is 0.382 e. The zero-order valence-corrected chi connectivity index (χ0v) is 14.6. The maximum absolute atomic E-state index is 10.7. The van der Waals surface area contributed by atoms with Gasteiger partial charge in [-0.3, -0.25) is 4.68 Å². The summed E-state index contributed by atoms with van der Waals surface area (Å²) in [5.74, 6) is 0. The molecule has 0 bridgehead atoms. The van der Waals surface area contributed by atoms with Gasteiger partial charge in [0.25, 0.3) is 0 Å². The Morgan fingerprint density at radius 3 is 2.70 bits per heavy atom. The molecule has 0 aromatic carbocycles. The third kappa shape index (κ3) is 3.31. The average Bonchev–Trinajstić information content (AvgIpc) is 2.89. The number of aliphatic hydroxyl groups excluding tert-OH is 1. The van der Waals surface area contributed by atoms with Crippen molar-refractivity contribution < 1.29 is 5.11 Å². The minimum atomic E-state index is -0.640. The highest BCUT2D eigenvalue weighted by atomic mass is 79.9. The van der Waals surface area contributed by atoms with E-state index in [2.05, 4.69) is 38.9 Å². The summed E-state index contributed by atoms with van der Waals surface area (Å²) in [4.78, 5) is 4.47. The summed E-state index contributed by atoms with van der Waals surface area (Å²) >= 11 is 5.21. The van der Waals surface area contributed by atoms with E-state index in [-0.39, 0.29) is 0 Å². The number of hydrogen-bond donors (Lipinski definition) is 1. The van der Waals surface area contributed by atoms with Gasteiger partial charge < -0.3 is 10.0 Å². The SMILES string of the molecule is Cc1cc(C(O)c2c(Br)cnn2CCN(C)C)c(C)s1. The molecule has 110 valence electrons. The van der Waals surface area contributed by atoms with Crippen LogP contribution in [0.1, 0.15) is 27.1 Å². The monoisotopic (exact) mass is 357 g/mol. The lowest BCUT2D eigenvalue weighted by Crippen LogP contribution is -2.21. The molecule has 0 spiro atoms. The molecule has 0 aliphatic rings. The molecule has 0 fully saturated rings. The molecule has 1 N–H and O–H groups in total. The Labute approximate surface area is 132 Å². The summed E-state index contributed by atoms with van der Waals surface area (Å²) in [5.41, 5.74) is 1.80. The van der Waals surface area contributed by atoms with Crippen LogP contribution in [-0.2, 0) is 6.54 Å². The molecule has 0 saturated carbocycles. The summed E-state index contributed by atoms with van der Waals surface area (Å²) in [7, 11) is 4.06. The van der Waals surface area contributed by atoms with Crippen LogP contribution >= 0.6 is 27.3 Å². The van der Waals surface area contributed by atoms with E-state index in [0.29, 0.717) is 0 Å². The lowest BCUT2D eigenvalue weighted by molar-refractivity contribution is 0.204. The van der Waals surface area contributed by atoms with Crippen molar-refractivity contribution in [2.24, 2.45) is 0 Å². The highest BCUT2D eigenvalue weighted by molar-refractivity contribution is 9.10. The maximum atomic E-state index is 10.7. The molecule has 2 aromatic heterocycles. The number of hydrogen-bond acceptors (Lipinski definition) is 4. The summed E-state index contributed by atoms with van der Waals surface area (Å²) < 4.78 is 2.73. The molecular formula is C14H20BrN3OS. The molecule has 0 aliphatic heterocycles. The van der Waals surface area contributed by atoms with Crippen molar-refractivity contribution in [2.45, 2.75) is 26.5 Å². The van der Waals surface area contributed by atoms with Crippen molar-refractivity contribution in [3.63, 3.8) is 0 Å². The van der Waals surface area contributed by atoms with Crippen LogP contribution in [0.5, 0.6) is 0 Å². The molecule has 1 unspecified atom stereocenters. The minimum Gasteiger partial charge on any atom is -0.382 e. The van der Waals surface area contributed by atoms with Crippen molar-refractivity contribution >= 4 is 27.3 Å². The Morgan fingerprint density at radius 2 is 2.15 bits per heavy atom. The van der Waals surface area contributed by atoms with Crippen LogP contribution < -0.4 is 0 Å². The van der Waals surface area contributed by atoms with Gasteiger partial charge in [-0.25, -0.2) is 0 Å². The molecule has 0 amide bonds. The molecular weight excluding hydrogens is 338 g/mol. The number of halogens is 1. The zero-order valence-electron chi connectivity index (χ0n) is 12.2. The number of rotatable bonds is 5. The Bertz CT molecular complexity index is 591. The Balaban J connectivity index is 2.31. The van der Waals surface area contributed by atoms with Crippen LogP contribution in [0.2, 0.25) is 0 Å². The number of aromatic nitrogens is 2. The van der Waals surface area contributed by atoms with Gasteiger partial charge in [-0.15, -0.1) is 11.3 Å². The van der Waals surface area contributed by atoms with Crippen LogP contribution in [0.15, 0.2) is 16.7 Å². The van der Waals surface area contributed by atoms with E-state index in [1.165, 1.54) is 4.88 Å². The van der Waals surface area contributed by atoms with Gasteiger partial charge in [0.15, 0.2) is 0 Å². The van der Waals surface area contributed by atoms with Crippen LogP contribution in [0, 0.1) is 13.8 Å². The summed E-state index contributed by atoms with van der Waals surface area (Å²) in [6.45, 7) is 5.75. The third-order valence-electron chi connectivity index (χ3n) is 3.23. The second-order valence-corrected chi connectivity index (χ2v) is 7.49. The number of likely N-dealkylation sites (N-methyl/N-ethyl adjacent to an activating group) is 1. The number of thiophene rings is 1. The van der Waals surface area contributed by atoms with Gasteiger partial charge in [0.2, 0.25) is 0 Å². The fraction of sp³-hybridized carbons (Fsp3) is 0.500. The molecule has 0 aliphatic carbocycles. The number of aliphatic hydroxyl groups is 1. The molecule has 2 heterocycles.